The molecule has 4 nitrogen and oxygen atoms in total. The molecule has 1 aromatic rings. The average Bonchev–Trinajstić information content (AvgIpc) is 2.48. The lowest BCUT2D eigenvalue weighted by Crippen LogP contribution is -2.46. The van der Waals surface area contributed by atoms with Crippen LogP contribution < -0.4 is 5.32 Å². The Balaban J connectivity index is 1.94. The van der Waals surface area contributed by atoms with Gasteiger partial charge in [-0.25, -0.2) is 0 Å². The van der Waals surface area contributed by atoms with Crippen LogP contribution in [-0.4, -0.2) is 35.0 Å². The Morgan fingerprint density at radius 2 is 2.00 bits per heavy atom. The zero-order chi connectivity index (χ0) is 16.3. The summed E-state index contributed by atoms with van der Waals surface area (Å²) < 4.78 is 0. The first kappa shape index (κ1) is 17.1. The van der Waals surface area contributed by atoms with Crippen molar-refractivity contribution < 1.29 is 9.90 Å². The van der Waals surface area contributed by atoms with Crippen LogP contribution in [0.25, 0.3) is 0 Å². The van der Waals surface area contributed by atoms with E-state index >= 15 is 0 Å². The summed E-state index contributed by atoms with van der Waals surface area (Å²) in [5.41, 5.74) is 1.38. The molecule has 122 valence electrons. The number of hydrogen-bond acceptors (Lipinski definition) is 3. The number of nitrogens with one attached hydrogen (secondary N) is 1. The van der Waals surface area contributed by atoms with Gasteiger partial charge < -0.3 is 15.3 Å². The molecule has 1 saturated heterocycles. The van der Waals surface area contributed by atoms with Crippen LogP contribution in [0.5, 0.6) is 0 Å². The third-order valence-electron chi connectivity index (χ3n) is 4.00. The second kappa shape index (κ2) is 6.88. The van der Waals surface area contributed by atoms with Gasteiger partial charge in [0.15, 0.2) is 0 Å². The van der Waals surface area contributed by atoms with Crippen LogP contribution in [0.15, 0.2) is 18.2 Å². The van der Waals surface area contributed by atoms with E-state index in [1.54, 1.807) is 6.07 Å². The van der Waals surface area contributed by atoms with Gasteiger partial charge in [0, 0.05) is 24.5 Å². The highest BCUT2D eigenvalue weighted by Crippen LogP contribution is 2.27. The average molecular weight is 325 g/mol. The van der Waals surface area contributed by atoms with Gasteiger partial charge in [0.25, 0.3) is 0 Å². The van der Waals surface area contributed by atoms with Crippen LogP contribution >= 0.6 is 11.6 Å². The van der Waals surface area contributed by atoms with E-state index in [0.717, 1.165) is 37.2 Å². The van der Waals surface area contributed by atoms with Crippen LogP contribution in [0.2, 0.25) is 5.02 Å². The highest BCUT2D eigenvalue weighted by Gasteiger charge is 2.30. The van der Waals surface area contributed by atoms with E-state index in [4.69, 9.17) is 11.6 Å². The van der Waals surface area contributed by atoms with Gasteiger partial charge in [0.05, 0.1) is 17.3 Å². The molecule has 0 bridgehead atoms. The molecule has 2 rings (SSSR count). The lowest BCUT2D eigenvalue weighted by molar-refractivity contribution is -0.140. The molecule has 22 heavy (non-hydrogen) atoms. The largest absolute Gasteiger partial charge is 0.392 e. The molecule has 0 saturated carbocycles. The fraction of sp³-hybridized carbons (Fsp3) is 0.588. The Morgan fingerprint density at radius 1 is 1.36 bits per heavy atom. The summed E-state index contributed by atoms with van der Waals surface area (Å²) in [6.07, 6.45) is 1.81. The van der Waals surface area contributed by atoms with E-state index in [0.29, 0.717) is 11.1 Å². The Kier molecular flexibility index (Phi) is 5.35. The first-order valence-electron chi connectivity index (χ1n) is 7.76. The van der Waals surface area contributed by atoms with Crippen molar-refractivity contribution in [3.8, 4) is 0 Å². The number of aliphatic hydroxyl groups is 1. The first-order valence-corrected chi connectivity index (χ1v) is 8.14. The van der Waals surface area contributed by atoms with E-state index in [1.165, 1.54) is 0 Å². The zero-order valence-electron chi connectivity index (χ0n) is 13.5. The summed E-state index contributed by atoms with van der Waals surface area (Å²) in [7, 11) is 0. The Bertz CT molecular complexity index is 532. The molecule has 1 aliphatic rings. The van der Waals surface area contributed by atoms with E-state index in [1.807, 2.05) is 37.8 Å². The topological polar surface area (TPSA) is 52.6 Å². The molecule has 1 fully saturated rings. The third kappa shape index (κ3) is 4.14. The molecular weight excluding hydrogens is 300 g/mol. The standard InChI is InChI=1S/C17H25ClN2O2/c1-17(2,3)16(22)20-8-6-13(7-9-20)19-15-10-12(11-21)4-5-14(15)18/h4-5,10,13,19,21H,6-9,11H2,1-3H3. The molecule has 0 atom stereocenters. The number of rotatable bonds is 3. The van der Waals surface area contributed by atoms with Crippen molar-refractivity contribution in [2.24, 2.45) is 5.41 Å². The van der Waals surface area contributed by atoms with Gasteiger partial charge in [0.1, 0.15) is 0 Å². The Morgan fingerprint density at radius 3 is 2.55 bits per heavy atom. The minimum atomic E-state index is -0.320. The van der Waals surface area contributed by atoms with Crippen LogP contribution in [0.3, 0.4) is 0 Å². The zero-order valence-corrected chi connectivity index (χ0v) is 14.3. The summed E-state index contributed by atoms with van der Waals surface area (Å²) in [6.45, 7) is 7.42. The molecule has 2 N–H and O–H groups in total. The fourth-order valence-corrected chi connectivity index (χ4v) is 2.87. The summed E-state index contributed by atoms with van der Waals surface area (Å²) in [5.74, 6) is 0.214. The van der Waals surface area contributed by atoms with Crippen molar-refractivity contribution in [1.29, 1.82) is 0 Å². The smallest absolute Gasteiger partial charge is 0.227 e. The molecule has 0 aromatic heterocycles. The van der Waals surface area contributed by atoms with Gasteiger partial charge in [0.2, 0.25) is 5.91 Å². The maximum atomic E-state index is 12.3. The van der Waals surface area contributed by atoms with Crippen LogP contribution in [0.4, 0.5) is 5.69 Å². The van der Waals surface area contributed by atoms with Gasteiger partial charge in [-0.1, -0.05) is 38.4 Å². The van der Waals surface area contributed by atoms with Gasteiger partial charge >= 0.3 is 0 Å². The minimum absolute atomic E-state index is 0.00434. The summed E-state index contributed by atoms with van der Waals surface area (Å²) in [5, 5.41) is 13.3. The number of likely N-dealkylation sites (tertiary alicyclic amines) is 1. The number of hydrogen-bond donors (Lipinski definition) is 2. The van der Waals surface area contributed by atoms with E-state index in [2.05, 4.69) is 5.32 Å². The maximum Gasteiger partial charge on any atom is 0.227 e. The quantitative estimate of drug-likeness (QED) is 0.897. The lowest BCUT2D eigenvalue weighted by atomic mass is 9.93. The van der Waals surface area contributed by atoms with Crippen LogP contribution in [0, 0.1) is 5.41 Å². The molecule has 1 aliphatic heterocycles. The monoisotopic (exact) mass is 324 g/mol. The van der Waals surface area contributed by atoms with E-state index < -0.39 is 0 Å². The number of benzene rings is 1. The Hall–Kier alpha value is -1.26. The summed E-state index contributed by atoms with van der Waals surface area (Å²) in [4.78, 5) is 14.2. The molecular formula is C17H25ClN2O2. The highest BCUT2D eigenvalue weighted by atomic mass is 35.5. The third-order valence-corrected chi connectivity index (χ3v) is 4.33. The van der Waals surface area contributed by atoms with Crippen LogP contribution in [0.1, 0.15) is 39.2 Å². The van der Waals surface area contributed by atoms with Gasteiger partial charge in [-0.05, 0) is 30.5 Å². The summed E-state index contributed by atoms with van der Waals surface area (Å²) in [6, 6.07) is 5.80. The van der Waals surface area contributed by atoms with Gasteiger partial charge in [-0.3, -0.25) is 4.79 Å². The van der Waals surface area contributed by atoms with Crippen molar-refractivity contribution in [3.05, 3.63) is 28.8 Å². The second-order valence-electron chi connectivity index (χ2n) is 6.93. The molecule has 1 aromatic carbocycles. The van der Waals surface area contributed by atoms with Crippen LogP contribution in [-0.2, 0) is 11.4 Å². The number of aliphatic hydroxyl groups excluding tert-OH is 1. The van der Waals surface area contributed by atoms with E-state index in [9.17, 15) is 9.90 Å². The van der Waals surface area contributed by atoms with Crippen molar-refractivity contribution >= 4 is 23.2 Å². The SMILES string of the molecule is CC(C)(C)C(=O)N1CCC(Nc2cc(CO)ccc2Cl)CC1. The van der Waals surface area contributed by atoms with E-state index in [-0.39, 0.29) is 17.9 Å². The molecule has 0 radical (unpaired) electrons. The lowest BCUT2D eigenvalue weighted by Gasteiger charge is -2.36. The van der Waals surface area contributed by atoms with Gasteiger partial charge in [-0.2, -0.15) is 0 Å². The maximum absolute atomic E-state index is 12.3. The number of anilines is 1. The highest BCUT2D eigenvalue weighted by molar-refractivity contribution is 6.33. The van der Waals surface area contributed by atoms with Crippen molar-refractivity contribution in [1.82, 2.24) is 4.90 Å². The molecule has 5 heteroatoms. The van der Waals surface area contributed by atoms with Gasteiger partial charge in [-0.15, -0.1) is 0 Å². The minimum Gasteiger partial charge on any atom is -0.392 e. The number of piperidine rings is 1. The number of amides is 1. The molecule has 0 unspecified atom stereocenters. The van der Waals surface area contributed by atoms with Crippen molar-refractivity contribution in [2.45, 2.75) is 46.3 Å². The summed E-state index contributed by atoms with van der Waals surface area (Å²) >= 11 is 6.20. The fourth-order valence-electron chi connectivity index (χ4n) is 2.70. The molecule has 0 aliphatic carbocycles. The number of carbonyl (C=O) groups excluding carboxylic acids is 1. The first-order chi connectivity index (χ1) is 10.3. The number of nitrogens with zero attached hydrogens (tertiary/aromatic N) is 1. The number of carbonyl (C=O) groups is 1. The normalized spacial score (nSPS) is 16.7. The van der Waals surface area contributed by atoms with Crippen molar-refractivity contribution in [3.63, 3.8) is 0 Å². The molecule has 0 spiro atoms. The predicted molar refractivity (Wildman–Crippen MR) is 90.1 cm³/mol. The predicted octanol–water partition coefficient (Wildman–Crippen LogP) is 3.28. The van der Waals surface area contributed by atoms with Crippen molar-refractivity contribution in [2.75, 3.05) is 18.4 Å². The Labute approximate surface area is 137 Å². The molecule has 1 heterocycles. The second-order valence-corrected chi connectivity index (χ2v) is 7.34. The molecule has 1 amide bonds. The number of halogens is 1.